The molecule has 0 spiro atoms. The average molecular weight is 371 g/mol. The summed E-state index contributed by atoms with van der Waals surface area (Å²) >= 11 is 1.30. The van der Waals surface area contributed by atoms with Crippen molar-refractivity contribution < 1.29 is 9.53 Å². The smallest absolute Gasteiger partial charge is 0.250 e. The van der Waals surface area contributed by atoms with Crippen LogP contribution in [0.15, 0.2) is 46.7 Å². The fourth-order valence-corrected chi connectivity index (χ4v) is 3.12. The predicted molar refractivity (Wildman–Crippen MR) is 103 cm³/mol. The van der Waals surface area contributed by atoms with E-state index < -0.39 is 0 Å². The fourth-order valence-electron chi connectivity index (χ4n) is 2.42. The van der Waals surface area contributed by atoms with Crippen molar-refractivity contribution in [3.05, 3.63) is 47.7 Å². The molecule has 0 aliphatic carbocycles. The lowest BCUT2D eigenvalue weighted by molar-refractivity contribution is -0.118. The topological polar surface area (TPSA) is 79.7 Å². The highest BCUT2D eigenvalue weighted by molar-refractivity contribution is 7.99. The van der Waals surface area contributed by atoms with E-state index in [0.29, 0.717) is 18.4 Å². The summed E-state index contributed by atoms with van der Waals surface area (Å²) in [5.74, 6) is 0.893. The molecule has 1 amide bonds. The van der Waals surface area contributed by atoms with Gasteiger partial charge < -0.3 is 9.64 Å². The van der Waals surface area contributed by atoms with Crippen molar-refractivity contribution in [1.29, 1.82) is 0 Å². The molecule has 7 nitrogen and oxygen atoms in total. The molecule has 8 heteroatoms. The maximum atomic E-state index is 11.9. The monoisotopic (exact) mass is 371 g/mol. The lowest BCUT2D eigenvalue weighted by atomic mass is 10.2. The first-order valence-corrected chi connectivity index (χ1v) is 9.37. The van der Waals surface area contributed by atoms with E-state index in [0.717, 1.165) is 30.2 Å². The Hall–Kier alpha value is -2.45. The number of aryl methyl sites for hydroxylation is 1. The number of benzene rings is 1. The van der Waals surface area contributed by atoms with Gasteiger partial charge in [-0.05, 0) is 12.5 Å². The van der Waals surface area contributed by atoms with Crippen LogP contribution in [-0.4, -0.2) is 54.1 Å². The maximum absolute atomic E-state index is 11.9. The van der Waals surface area contributed by atoms with Gasteiger partial charge in [0.15, 0.2) is 5.16 Å². The Balaban J connectivity index is 1.53. The molecule has 1 aliphatic heterocycles. The number of hydrogen-bond acceptors (Lipinski definition) is 7. The third kappa shape index (κ3) is 5.53. The Bertz CT molecular complexity index is 763. The van der Waals surface area contributed by atoms with Crippen LogP contribution in [0.3, 0.4) is 0 Å². The van der Waals surface area contributed by atoms with Crippen molar-refractivity contribution in [2.45, 2.75) is 12.1 Å². The molecule has 3 rings (SSSR count). The standard InChI is InChI=1S/C18H21N5O2S/c1-14-11-16(23-7-9-25-10-8-23)21-18(20-14)26-13-17(24)22-19-12-15-5-3-2-4-6-15/h2-6,11-12H,7-10,13H2,1H3,(H,22,24). The van der Waals surface area contributed by atoms with Crippen LogP contribution < -0.4 is 10.3 Å². The van der Waals surface area contributed by atoms with Gasteiger partial charge in [0.2, 0.25) is 0 Å². The Morgan fingerprint density at radius 1 is 1.31 bits per heavy atom. The summed E-state index contributed by atoms with van der Waals surface area (Å²) in [7, 11) is 0. The predicted octanol–water partition coefficient (Wildman–Crippen LogP) is 1.86. The van der Waals surface area contributed by atoms with E-state index in [1.165, 1.54) is 11.8 Å². The molecule has 1 N–H and O–H groups in total. The molecule has 26 heavy (non-hydrogen) atoms. The molecule has 2 heterocycles. The number of amides is 1. The van der Waals surface area contributed by atoms with Gasteiger partial charge >= 0.3 is 0 Å². The average Bonchev–Trinajstić information content (AvgIpc) is 2.67. The normalized spacial score (nSPS) is 14.6. The molecule has 136 valence electrons. The number of hydrazone groups is 1. The number of carbonyl (C=O) groups excluding carboxylic acids is 1. The third-order valence-electron chi connectivity index (χ3n) is 3.69. The van der Waals surface area contributed by atoms with Crippen LogP contribution in [0, 0.1) is 6.92 Å². The first-order chi connectivity index (χ1) is 12.7. The van der Waals surface area contributed by atoms with Crippen LogP contribution in [0.25, 0.3) is 0 Å². The summed E-state index contributed by atoms with van der Waals surface area (Å²) in [4.78, 5) is 23.1. The first-order valence-electron chi connectivity index (χ1n) is 8.39. The molecule has 0 saturated carbocycles. The number of anilines is 1. The second-order valence-corrected chi connectivity index (χ2v) is 6.68. The van der Waals surface area contributed by atoms with Gasteiger partial charge in [-0.15, -0.1) is 0 Å². The van der Waals surface area contributed by atoms with E-state index in [1.54, 1.807) is 6.21 Å². The molecular weight excluding hydrogens is 350 g/mol. The highest BCUT2D eigenvalue weighted by Crippen LogP contribution is 2.19. The number of aromatic nitrogens is 2. The number of nitrogens with one attached hydrogen (secondary N) is 1. The molecule has 1 fully saturated rings. The molecule has 0 unspecified atom stereocenters. The molecule has 1 aliphatic rings. The van der Waals surface area contributed by atoms with Gasteiger partial charge in [0, 0.05) is 24.8 Å². The molecule has 1 aromatic heterocycles. The number of rotatable bonds is 6. The van der Waals surface area contributed by atoms with Crippen molar-refractivity contribution in [1.82, 2.24) is 15.4 Å². The lowest BCUT2D eigenvalue weighted by Gasteiger charge is -2.28. The van der Waals surface area contributed by atoms with E-state index >= 15 is 0 Å². The molecule has 0 bridgehead atoms. The summed E-state index contributed by atoms with van der Waals surface area (Å²) in [5, 5.41) is 4.55. The summed E-state index contributed by atoms with van der Waals surface area (Å²) in [6.07, 6.45) is 1.61. The van der Waals surface area contributed by atoms with E-state index in [9.17, 15) is 4.79 Å². The van der Waals surface area contributed by atoms with Gasteiger partial charge in [0.25, 0.3) is 5.91 Å². The summed E-state index contributed by atoms with van der Waals surface area (Å²) in [6.45, 7) is 4.96. The van der Waals surface area contributed by atoms with Crippen molar-refractivity contribution in [2.75, 3.05) is 37.0 Å². The Morgan fingerprint density at radius 2 is 2.08 bits per heavy atom. The van der Waals surface area contributed by atoms with Crippen LogP contribution in [0.2, 0.25) is 0 Å². The number of nitrogens with zero attached hydrogens (tertiary/aromatic N) is 4. The Labute approximate surface area is 156 Å². The fraction of sp³-hybridized carbons (Fsp3) is 0.333. The van der Waals surface area contributed by atoms with Crippen LogP contribution in [0.5, 0.6) is 0 Å². The van der Waals surface area contributed by atoms with Gasteiger partial charge in [0.1, 0.15) is 5.82 Å². The van der Waals surface area contributed by atoms with Gasteiger partial charge in [-0.3, -0.25) is 4.79 Å². The van der Waals surface area contributed by atoms with Crippen molar-refractivity contribution in [2.24, 2.45) is 5.10 Å². The highest BCUT2D eigenvalue weighted by atomic mass is 32.2. The van der Waals surface area contributed by atoms with Crippen LogP contribution in [-0.2, 0) is 9.53 Å². The SMILES string of the molecule is Cc1cc(N2CCOCC2)nc(SCC(=O)NN=Cc2ccccc2)n1. The van der Waals surface area contributed by atoms with E-state index in [-0.39, 0.29) is 11.7 Å². The molecule has 0 atom stereocenters. The number of carbonyl (C=O) groups is 1. The Morgan fingerprint density at radius 3 is 2.85 bits per heavy atom. The highest BCUT2D eigenvalue weighted by Gasteiger charge is 2.14. The van der Waals surface area contributed by atoms with E-state index in [2.05, 4.69) is 25.4 Å². The van der Waals surface area contributed by atoms with Crippen molar-refractivity contribution in [3.63, 3.8) is 0 Å². The first kappa shape index (κ1) is 18.3. The second kappa shape index (κ2) is 9.30. The minimum absolute atomic E-state index is 0.194. The maximum Gasteiger partial charge on any atom is 0.250 e. The number of thioether (sulfide) groups is 1. The molecule has 1 aromatic carbocycles. The van der Waals surface area contributed by atoms with Gasteiger partial charge in [0.05, 0.1) is 25.2 Å². The van der Waals surface area contributed by atoms with Crippen LogP contribution >= 0.6 is 11.8 Å². The van der Waals surface area contributed by atoms with E-state index in [1.807, 2.05) is 43.3 Å². The second-order valence-electron chi connectivity index (χ2n) is 5.74. The molecule has 1 saturated heterocycles. The Kier molecular flexibility index (Phi) is 6.56. The zero-order valence-corrected chi connectivity index (χ0v) is 15.4. The van der Waals surface area contributed by atoms with E-state index in [4.69, 9.17) is 4.74 Å². The number of ether oxygens (including phenoxy) is 1. The quantitative estimate of drug-likeness (QED) is 0.361. The minimum Gasteiger partial charge on any atom is -0.378 e. The van der Waals surface area contributed by atoms with Gasteiger partial charge in [-0.25, -0.2) is 15.4 Å². The summed E-state index contributed by atoms with van der Waals surface area (Å²) in [6, 6.07) is 11.6. The largest absolute Gasteiger partial charge is 0.378 e. The number of hydrogen-bond donors (Lipinski definition) is 1. The third-order valence-corrected chi connectivity index (χ3v) is 4.54. The van der Waals surface area contributed by atoms with Gasteiger partial charge in [-0.2, -0.15) is 5.10 Å². The zero-order chi connectivity index (χ0) is 18.2. The van der Waals surface area contributed by atoms with Gasteiger partial charge in [-0.1, -0.05) is 42.1 Å². The zero-order valence-electron chi connectivity index (χ0n) is 14.6. The van der Waals surface area contributed by atoms with Crippen LogP contribution in [0.1, 0.15) is 11.3 Å². The summed E-state index contributed by atoms with van der Waals surface area (Å²) < 4.78 is 5.37. The molecular formula is C18H21N5O2S. The van der Waals surface area contributed by atoms with Crippen LogP contribution in [0.4, 0.5) is 5.82 Å². The van der Waals surface area contributed by atoms with Crippen molar-refractivity contribution in [3.8, 4) is 0 Å². The lowest BCUT2D eigenvalue weighted by Crippen LogP contribution is -2.36. The summed E-state index contributed by atoms with van der Waals surface area (Å²) in [5.41, 5.74) is 4.33. The molecule has 0 radical (unpaired) electrons. The minimum atomic E-state index is -0.194. The van der Waals surface area contributed by atoms with Crippen molar-refractivity contribution >= 4 is 29.7 Å². The molecule has 2 aromatic rings. The number of morpholine rings is 1.